The van der Waals surface area contributed by atoms with Gasteiger partial charge in [0.15, 0.2) is 5.11 Å². The summed E-state index contributed by atoms with van der Waals surface area (Å²) < 4.78 is 11.3. The number of ether oxygens (including phenoxy) is 2. The van der Waals surface area contributed by atoms with Gasteiger partial charge in [0, 0.05) is 18.4 Å². The topological polar surface area (TPSA) is 59.6 Å². The molecular weight excluding hydrogens is 372 g/mol. The van der Waals surface area contributed by atoms with Gasteiger partial charge in [0.25, 0.3) is 5.91 Å². The van der Waals surface area contributed by atoms with Crippen LogP contribution in [0.5, 0.6) is 5.75 Å². The molecule has 1 aliphatic heterocycles. The number of thiocarbonyl (C=S) groups is 1. The van der Waals surface area contributed by atoms with Crippen molar-refractivity contribution in [2.24, 2.45) is 0 Å². The lowest BCUT2D eigenvalue weighted by Crippen LogP contribution is -2.34. The van der Waals surface area contributed by atoms with E-state index in [1.54, 1.807) is 24.3 Å². The number of hydrogen-bond donors (Lipinski definition) is 2. The van der Waals surface area contributed by atoms with E-state index in [0.717, 1.165) is 25.1 Å². The summed E-state index contributed by atoms with van der Waals surface area (Å²) in [5.74, 6) is 0.351. The first-order valence-electron chi connectivity index (χ1n) is 8.33. The minimum absolute atomic E-state index is 0.155. The SMILES string of the molecule is O=C(NC(=S)Nc1cccc(OCC2CCCO2)c1)c1ccccc1Cl. The largest absolute Gasteiger partial charge is 0.491 e. The highest BCUT2D eigenvalue weighted by Crippen LogP contribution is 2.20. The van der Waals surface area contributed by atoms with Crippen molar-refractivity contribution in [1.82, 2.24) is 5.32 Å². The number of benzene rings is 2. The molecule has 2 aromatic rings. The van der Waals surface area contributed by atoms with Gasteiger partial charge in [0.2, 0.25) is 0 Å². The van der Waals surface area contributed by atoms with Gasteiger partial charge in [0.1, 0.15) is 12.4 Å². The molecule has 2 aromatic carbocycles. The van der Waals surface area contributed by atoms with Crippen LogP contribution >= 0.6 is 23.8 Å². The van der Waals surface area contributed by atoms with E-state index in [2.05, 4.69) is 10.6 Å². The number of rotatable bonds is 5. The van der Waals surface area contributed by atoms with Gasteiger partial charge in [-0.05, 0) is 49.3 Å². The van der Waals surface area contributed by atoms with E-state index < -0.39 is 0 Å². The highest BCUT2D eigenvalue weighted by molar-refractivity contribution is 7.80. The Kier molecular flexibility index (Phi) is 6.44. The van der Waals surface area contributed by atoms with E-state index in [1.165, 1.54) is 0 Å². The second kappa shape index (κ2) is 8.98. The van der Waals surface area contributed by atoms with Crippen LogP contribution < -0.4 is 15.4 Å². The highest BCUT2D eigenvalue weighted by atomic mass is 35.5. The molecule has 3 rings (SSSR count). The lowest BCUT2D eigenvalue weighted by molar-refractivity contribution is 0.0680. The normalized spacial score (nSPS) is 16.1. The van der Waals surface area contributed by atoms with Crippen LogP contribution in [0, 0.1) is 0 Å². The molecule has 0 bridgehead atoms. The molecule has 0 aromatic heterocycles. The Morgan fingerprint density at radius 3 is 2.88 bits per heavy atom. The summed E-state index contributed by atoms with van der Waals surface area (Å²) in [4.78, 5) is 12.2. The number of amides is 1. The van der Waals surface area contributed by atoms with E-state index in [-0.39, 0.29) is 17.1 Å². The molecular formula is C19H19ClN2O3S. The number of nitrogens with one attached hydrogen (secondary N) is 2. The van der Waals surface area contributed by atoms with Crippen LogP contribution in [0.15, 0.2) is 48.5 Å². The average molecular weight is 391 g/mol. The van der Waals surface area contributed by atoms with Crippen LogP contribution in [0.3, 0.4) is 0 Å². The second-order valence-electron chi connectivity index (χ2n) is 5.86. The number of carbonyl (C=O) groups is 1. The van der Waals surface area contributed by atoms with Crippen molar-refractivity contribution in [2.45, 2.75) is 18.9 Å². The first-order valence-corrected chi connectivity index (χ1v) is 9.12. The van der Waals surface area contributed by atoms with Gasteiger partial charge in [-0.3, -0.25) is 10.1 Å². The fraction of sp³-hybridized carbons (Fsp3) is 0.263. The first kappa shape index (κ1) is 18.6. The second-order valence-corrected chi connectivity index (χ2v) is 6.68. The van der Waals surface area contributed by atoms with Crippen molar-refractivity contribution in [2.75, 3.05) is 18.5 Å². The lowest BCUT2D eigenvalue weighted by Gasteiger charge is -2.13. The first-order chi connectivity index (χ1) is 12.6. The van der Waals surface area contributed by atoms with Crippen LogP contribution in [0.25, 0.3) is 0 Å². The molecule has 1 heterocycles. The highest BCUT2D eigenvalue weighted by Gasteiger charge is 2.16. The number of halogens is 1. The van der Waals surface area contributed by atoms with E-state index in [0.29, 0.717) is 22.9 Å². The standard InChI is InChI=1S/C19H19ClN2O3S/c20-17-9-2-1-8-16(17)18(23)22-19(26)21-13-5-3-6-14(11-13)25-12-15-7-4-10-24-15/h1-3,5-6,8-9,11,15H,4,7,10,12H2,(H2,21,22,23,26). The Hall–Kier alpha value is -2.15. The van der Waals surface area contributed by atoms with Crippen LogP contribution in [0.4, 0.5) is 5.69 Å². The summed E-state index contributed by atoms with van der Waals surface area (Å²) in [6, 6.07) is 14.2. The molecule has 1 unspecified atom stereocenters. The Balaban J connectivity index is 1.54. The molecule has 5 nitrogen and oxygen atoms in total. The van der Waals surface area contributed by atoms with Crippen molar-refractivity contribution in [3.05, 3.63) is 59.1 Å². The minimum atomic E-state index is -0.362. The molecule has 26 heavy (non-hydrogen) atoms. The molecule has 1 amide bonds. The van der Waals surface area contributed by atoms with E-state index in [4.69, 9.17) is 33.3 Å². The van der Waals surface area contributed by atoms with Crippen molar-refractivity contribution in [3.63, 3.8) is 0 Å². The van der Waals surface area contributed by atoms with Crippen molar-refractivity contribution >= 4 is 40.5 Å². The van der Waals surface area contributed by atoms with Gasteiger partial charge in [0.05, 0.1) is 16.7 Å². The molecule has 2 N–H and O–H groups in total. The van der Waals surface area contributed by atoms with E-state index in [1.807, 2.05) is 24.3 Å². The third-order valence-corrected chi connectivity index (χ3v) is 4.43. The Labute approximate surface area is 162 Å². The summed E-state index contributed by atoms with van der Waals surface area (Å²) in [6.07, 6.45) is 2.26. The summed E-state index contributed by atoms with van der Waals surface area (Å²) in [6.45, 7) is 1.33. The van der Waals surface area contributed by atoms with Crippen molar-refractivity contribution < 1.29 is 14.3 Å². The third kappa shape index (κ3) is 5.17. The zero-order valence-electron chi connectivity index (χ0n) is 14.0. The van der Waals surface area contributed by atoms with E-state index >= 15 is 0 Å². The molecule has 136 valence electrons. The van der Waals surface area contributed by atoms with Gasteiger partial charge < -0.3 is 14.8 Å². The maximum atomic E-state index is 12.2. The van der Waals surface area contributed by atoms with Gasteiger partial charge in [-0.25, -0.2) is 0 Å². The summed E-state index contributed by atoms with van der Waals surface area (Å²) in [5, 5.41) is 6.15. The summed E-state index contributed by atoms with van der Waals surface area (Å²) >= 11 is 11.2. The van der Waals surface area contributed by atoms with Gasteiger partial charge in [-0.2, -0.15) is 0 Å². The predicted molar refractivity (Wildman–Crippen MR) is 106 cm³/mol. The van der Waals surface area contributed by atoms with Gasteiger partial charge >= 0.3 is 0 Å². The fourth-order valence-corrected chi connectivity index (χ4v) is 3.04. The number of hydrogen-bond acceptors (Lipinski definition) is 4. The zero-order chi connectivity index (χ0) is 18.4. The van der Waals surface area contributed by atoms with Crippen LogP contribution in [-0.4, -0.2) is 30.3 Å². The van der Waals surface area contributed by atoms with Crippen molar-refractivity contribution in [3.8, 4) is 5.75 Å². The average Bonchev–Trinajstić information content (AvgIpc) is 3.14. The molecule has 0 radical (unpaired) electrons. The predicted octanol–water partition coefficient (Wildman–Crippen LogP) is 4.02. The molecule has 1 atom stereocenters. The number of anilines is 1. The maximum absolute atomic E-state index is 12.2. The quantitative estimate of drug-likeness (QED) is 0.755. The van der Waals surface area contributed by atoms with Crippen molar-refractivity contribution in [1.29, 1.82) is 0 Å². The lowest BCUT2D eigenvalue weighted by atomic mass is 10.2. The maximum Gasteiger partial charge on any atom is 0.258 e. The molecule has 0 aliphatic carbocycles. The Morgan fingerprint density at radius 2 is 2.12 bits per heavy atom. The minimum Gasteiger partial charge on any atom is -0.491 e. The molecule has 0 saturated carbocycles. The van der Waals surface area contributed by atoms with Gasteiger partial charge in [-0.1, -0.05) is 29.8 Å². The third-order valence-electron chi connectivity index (χ3n) is 3.90. The smallest absolute Gasteiger partial charge is 0.258 e. The van der Waals surface area contributed by atoms with Crippen LogP contribution in [0.1, 0.15) is 23.2 Å². The van der Waals surface area contributed by atoms with Gasteiger partial charge in [-0.15, -0.1) is 0 Å². The Bertz CT molecular complexity index is 794. The monoisotopic (exact) mass is 390 g/mol. The molecule has 1 fully saturated rings. The van der Waals surface area contributed by atoms with E-state index in [9.17, 15) is 4.79 Å². The fourth-order valence-electron chi connectivity index (χ4n) is 2.61. The summed E-state index contributed by atoms with van der Waals surface area (Å²) in [7, 11) is 0. The van der Waals surface area contributed by atoms with Crippen LogP contribution in [0.2, 0.25) is 5.02 Å². The Morgan fingerprint density at radius 1 is 1.27 bits per heavy atom. The zero-order valence-corrected chi connectivity index (χ0v) is 15.6. The molecule has 1 aliphatic rings. The number of carbonyl (C=O) groups excluding carboxylic acids is 1. The van der Waals surface area contributed by atoms with Crippen LogP contribution in [-0.2, 0) is 4.74 Å². The molecule has 1 saturated heterocycles. The molecule has 7 heteroatoms. The summed E-state index contributed by atoms with van der Waals surface area (Å²) in [5.41, 5.74) is 1.09. The molecule has 0 spiro atoms.